The van der Waals surface area contributed by atoms with Gasteiger partial charge in [-0.15, -0.1) is 0 Å². The van der Waals surface area contributed by atoms with E-state index in [-0.39, 0.29) is 5.56 Å². The van der Waals surface area contributed by atoms with Crippen molar-refractivity contribution in [3.05, 3.63) is 92.6 Å². The third kappa shape index (κ3) is 6.46. The Labute approximate surface area is 196 Å². The molecule has 0 radical (unpaired) electrons. The molecule has 0 heterocycles. The molecule has 0 saturated carbocycles. The number of carbonyl (C=O) groups excluding carboxylic acids is 1. The van der Waals surface area contributed by atoms with Gasteiger partial charge in [0.05, 0.1) is 18.9 Å². The lowest BCUT2D eigenvalue weighted by Gasteiger charge is -2.11. The third-order valence-corrected chi connectivity index (χ3v) is 5.05. The number of carbonyl (C=O) groups is 1. The molecule has 0 saturated heterocycles. The summed E-state index contributed by atoms with van der Waals surface area (Å²) < 4.78 is 50.7. The average molecular weight is 554 g/mol. The highest BCUT2D eigenvalue weighted by molar-refractivity contribution is 14.1. The van der Waals surface area contributed by atoms with E-state index in [4.69, 9.17) is 9.47 Å². The normalized spacial score (nSPS) is 11.4. The number of alkyl halides is 3. The molecule has 1 N–H and O–H groups in total. The van der Waals surface area contributed by atoms with Crippen LogP contribution in [0.5, 0.6) is 11.5 Å². The molecule has 0 aliphatic heterocycles. The van der Waals surface area contributed by atoms with Crippen molar-refractivity contribution in [3.63, 3.8) is 0 Å². The van der Waals surface area contributed by atoms with E-state index in [0.717, 1.165) is 21.3 Å². The van der Waals surface area contributed by atoms with E-state index in [0.29, 0.717) is 23.7 Å². The topological polar surface area (TPSA) is 59.9 Å². The lowest BCUT2D eigenvalue weighted by atomic mass is 10.1. The van der Waals surface area contributed by atoms with E-state index in [1.807, 2.05) is 24.3 Å². The van der Waals surface area contributed by atoms with E-state index >= 15 is 0 Å². The molecule has 32 heavy (non-hydrogen) atoms. The first-order valence-corrected chi connectivity index (χ1v) is 10.4. The van der Waals surface area contributed by atoms with E-state index < -0.39 is 17.6 Å². The number of hydrogen-bond acceptors (Lipinski definition) is 4. The number of nitrogens with zero attached hydrogens (tertiary/aromatic N) is 1. The van der Waals surface area contributed by atoms with Crippen molar-refractivity contribution in [2.75, 3.05) is 7.11 Å². The van der Waals surface area contributed by atoms with Gasteiger partial charge >= 0.3 is 6.18 Å². The Kier molecular flexibility index (Phi) is 7.73. The van der Waals surface area contributed by atoms with Gasteiger partial charge in [-0.2, -0.15) is 18.3 Å². The van der Waals surface area contributed by atoms with E-state index in [1.165, 1.54) is 25.5 Å². The van der Waals surface area contributed by atoms with Crippen LogP contribution in [0.1, 0.15) is 27.0 Å². The second kappa shape index (κ2) is 10.5. The summed E-state index contributed by atoms with van der Waals surface area (Å²) in [5.74, 6) is 0.261. The zero-order valence-electron chi connectivity index (χ0n) is 16.8. The van der Waals surface area contributed by atoms with E-state index in [1.54, 1.807) is 18.2 Å². The maximum Gasteiger partial charge on any atom is 0.416 e. The van der Waals surface area contributed by atoms with Gasteiger partial charge in [-0.1, -0.05) is 18.2 Å². The molecule has 0 aliphatic rings. The highest BCUT2D eigenvalue weighted by Crippen LogP contribution is 2.30. The molecule has 3 aromatic rings. The summed E-state index contributed by atoms with van der Waals surface area (Å²) in [4.78, 5) is 12.1. The van der Waals surface area contributed by atoms with E-state index in [2.05, 4.69) is 33.1 Å². The molecule has 9 heteroatoms. The zero-order valence-corrected chi connectivity index (χ0v) is 19.0. The Hall–Kier alpha value is -3.08. The standard InChI is InChI=1S/C23H18F3IN2O3/c1-31-21-11-16(7-10-20(21)32-14-15-5-8-19(27)9-6-15)13-28-29-22(30)17-3-2-4-18(12-17)23(24,25)26/h2-13H,14H2,1H3,(H,29,30)/b28-13-. The largest absolute Gasteiger partial charge is 0.493 e. The highest BCUT2D eigenvalue weighted by atomic mass is 127. The van der Waals surface area contributed by atoms with Crippen LogP contribution < -0.4 is 14.9 Å². The van der Waals surface area contributed by atoms with Crippen LogP contribution >= 0.6 is 22.6 Å². The minimum Gasteiger partial charge on any atom is -0.493 e. The van der Waals surface area contributed by atoms with Gasteiger partial charge in [0.15, 0.2) is 11.5 Å². The molecule has 166 valence electrons. The molecule has 0 bridgehead atoms. The smallest absolute Gasteiger partial charge is 0.416 e. The van der Waals surface area contributed by atoms with Crippen LogP contribution in [-0.4, -0.2) is 19.2 Å². The average Bonchev–Trinajstić information content (AvgIpc) is 2.78. The molecule has 3 aromatic carbocycles. The predicted octanol–water partition coefficient (Wildman–Crippen LogP) is 5.66. The molecule has 3 rings (SSSR count). The summed E-state index contributed by atoms with van der Waals surface area (Å²) in [6.07, 6.45) is -3.17. The Bertz CT molecular complexity index is 1120. The molecule has 1 amide bonds. The SMILES string of the molecule is COc1cc(/C=N\NC(=O)c2cccc(C(F)(F)F)c2)ccc1OCc1ccc(I)cc1. The first-order chi connectivity index (χ1) is 15.3. The van der Waals surface area contributed by atoms with Crippen molar-refractivity contribution in [1.29, 1.82) is 0 Å². The number of nitrogens with one attached hydrogen (secondary N) is 1. The van der Waals surface area contributed by atoms with Gasteiger partial charge in [0.25, 0.3) is 5.91 Å². The fourth-order valence-electron chi connectivity index (χ4n) is 2.69. The van der Waals surface area contributed by atoms with E-state index in [9.17, 15) is 18.0 Å². The van der Waals surface area contributed by atoms with Gasteiger partial charge in [-0.05, 0) is 82.2 Å². The van der Waals surface area contributed by atoms with Gasteiger partial charge in [-0.25, -0.2) is 5.43 Å². The molecule has 0 atom stereocenters. The van der Waals surface area contributed by atoms with Crippen molar-refractivity contribution in [2.45, 2.75) is 12.8 Å². The summed E-state index contributed by atoms with van der Waals surface area (Å²) in [6, 6.07) is 17.1. The quantitative estimate of drug-likeness (QED) is 0.233. The lowest BCUT2D eigenvalue weighted by molar-refractivity contribution is -0.137. The third-order valence-electron chi connectivity index (χ3n) is 4.33. The second-order valence-corrected chi connectivity index (χ2v) is 7.85. The minimum atomic E-state index is -4.53. The number of halogens is 4. The number of benzene rings is 3. The van der Waals surface area contributed by atoms with Crippen LogP contribution in [0.2, 0.25) is 0 Å². The number of rotatable bonds is 7. The number of methoxy groups -OCH3 is 1. The molecular formula is C23H18F3IN2O3. The molecule has 5 nitrogen and oxygen atoms in total. The summed E-state index contributed by atoms with van der Waals surface area (Å²) in [5.41, 5.74) is 2.79. The molecule has 0 aromatic heterocycles. The number of amides is 1. The van der Waals surface area contributed by atoms with Gasteiger partial charge in [0, 0.05) is 9.13 Å². The van der Waals surface area contributed by atoms with Crippen molar-refractivity contribution in [2.24, 2.45) is 5.10 Å². The summed E-state index contributed by atoms with van der Waals surface area (Å²) in [5, 5.41) is 3.81. The molecular weight excluding hydrogens is 536 g/mol. The Morgan fingerprint density at radius 1 is 1.06 bits per heavy atom. The fourth-order valence-corrected chi connectivity index (χ4v) is 3.05. The van der Waals surface area contributed by atoms with Crippen LogP contribution in [0.3, 0.4) is 0 Å². The summed E-state index contributed by atoms with van der Waals surface area (Å²) in [6.45, 7) is 0.369. The number of hydrazone groups is 1. The monoisotopic (exact) mass is 554 g/mol. The van der Waals surface area contributed by atoms with Gasteiger partial charge < -0.3 is 9.47 Å². The highest BCUT2D eigenvalue weighted by Gasteiger charge is 2.30. The van der Waals surface area contributed by atoms with Crippen molar-refractivity contribution in [3.8, 4) is 11.5 Å². The van der Waals surface area contributed by atoms with Crippen LogP contribution in [0.15, 0.2) is 71.8 Å². The second-order valence-electron chi connectivity index (χ2n) is 6.60. The first-order valence-electron chi connectivity index (χ1n) is 9.32. The zero-order chi connectivity index (χ0) is 23.1. The van der Waals surface area contributed by atoms with Crippen LogP contribution in [0.25, 0.3) is 0 Å². The van der Waals surface area contributed by atoms with Crippen molar-refractivity contribution >= 4 is 34.7 Å². The van der Waals surface area contributed by atoms with Gasteiger partial charge in [0.1, 0.15) is 6.61 Å². The fraction of sp³-hybridized carbons (Fsp3) is 0.130. The lowest BCUT2D eigenvalue weighted by Crippen LogP contribution is -2.18. The predicted molar refractivity (Wildman–Crippen MR) is 123 cm³/mol. The Morgan fingerprint density at radius 2 is 1.81 bits per heavy atom. The number of ether oxygens (including phenoxy) is 2. The van der Waals surface area contributed by atoms with Crippen molar-refractivity contribution in [1.82, 2.24) is 5.43 Å². The summed E-state index contributed by atoms with van der Waals surface area (Å²) >= 11 is 2.23. The Morgan fingerprint density at radius 3 is 2.50 bits per heavy atom. The number of hydrogen-bond donors (Lipinski definition) is 1. The van der Waals surface area contributed by atoms with Crippen LogP contribution in [0.4, 0.5) is 13.2 Å². The molecule has 0 unspecified atom stereocenters. The summed E-state index contributed by atoms with van der Waals surface area (Å²) in [7, 11) is 1.50. The van der Waals surface area contributed by atoms with Gasteiger partial charge in [-0.3, -0.25) is 4.79 Å². The van der Waals surface area contributed by atoms with Crippen molar-refractivity contribution < 1.29 is 27.4 Å². The molecule has 0 aliphatic carbocycles. The Balaban J connectivity index is 1.63. The van der Waals surface area contributed by atoms with Crippen LogP contribution in [-0.2, 0) is 12.8 Å². The maximum atomic E-state index is 12.8. The maximum absolute atomic E-state index is 12.8. The molecule has 0 spiro atoms. The molecule has 0 fully saturated rings. The van der Waals surface area contributed by atoms with Crippen LogP contribution in [0, 0.1) is 3.57 Å². The minimum absolute atomic E-state index is 0.145. The first kappa shape index (κ1) is 23.6. The van der Waals surface area contributed by atoms with Gasteiger partial charge in [0.2, 0.25) is 0 Å².